The van der Waals surface area contributed by atoms with Crippen LogP contribution in [0, 0.1) is 5.92 Å². The first-order valence-corrected chi connectivity index (χ1v) is 11.6. The molecule has 1 aromatic carbocycles. The van der Waals surface area contributed by atoms with Crippen molar-refractivity contribution in [1.29, 1.82) is 0 Å². The Balaban J connectivity index is 2.30. The van der Waals surface area contributed by atoms with Crippen molar-refractivity contribution in [2.24, 2.45) is 17.4 Å². The molecular formula is C24H34N6O6. The van der Waals surface area contributed by atoms with Gasteiger partial charge < -0.3 is 37.5 Å². The molecule has 0 saturated heterocycles. The lowest BCUT2D eigenvalue weighted by atomic mass is 10.0. The van der Waals surface area contributed by atoms with E-state index in [1.807, 2.05) is 24.3 Å². The predicted octanol–water partition coefficient (Wildman–Crippen LogP) is -0.482. The van der Waals surface area contributed by atoms with E-state index >= 15 is 0 Å². The van der Waals surface area contributed by atoms with Crippen LogP contribution < -0.4 is 27.4 Å². The molecule has 4 amide bonds. The van der Waals surface area contributed by atoms with Crippen LogP contribution in [0.3, 0.4) is 0 Å². The monoisotopic (exact) mass is 502 g/mol. The first kappa shape index (κ1) is 28.3. The number of fused-ring (bicyclic) bond motifs is 1. The fourth-order valence-electron chi connectivity index (χ4n) is 3.50. The number of amides is 4. The number of carbonyl (C=O) groups excluding carboxylic acids is 4. The van der Waals surface area contributed by atoms with E-state index in [2.05, 4.69) is 20.9 Å². The topological polar surface area (TPSA) is 209 Å². The van der Waals surface area contributed by atoms with Crippen LogP contribution in [0.4, 0.5) is 0 Å². The molecular weight excluding hydrogens is 468 g/mol. The third-order valence-electron chi connectivity index (χ3n) is 5.79. The largest absolute Gasteiger partial charge is 0.480 e. The molecule has 196 valence electrons. The normalized spacial score (nSPS) is 14.5. The number of primary amides is 1. The Kier molecular flexibility index (Phi) is 9.97. The second-order valence-electron chi connectivity index (χ2n) is 9.03. The standard InChI is InChI=1S/C24H34N6O6/c1-12(2)20(26)23(34)30-18(10-14-11-27-16-7-5-4-6-15(14)16)22(33)29-17(8-9-19(25)31)21(32)28-13(3)24(35)36/h4-7,11-13,17-18,20,27H,8-10,26H2,1-3H3,(H2,25,31)(H,28,32)(H,29,33)(H,30,34)(H,35,36). The number of carboxylic acids is 1. The minimum Gasteiger partial charge on any atom is -0.480 e. The summed E-state index contributed by atoms with van der Waals surface area (Å²) in [6, 6.07) is 2.98. The van der Waals surface area contributed by atoms with Gasteiger partial charge in [0.2, 0.25) is 23.6 Å². The summed E-state index contributed by atoms with van der Waals surface area (Å²) in [6.07, 6.45) is 1.43. The highest BCUT2D eigenvalue weighted by molar-refractivity contribution is 5.95. The third-order valence-corrected chi connectivity index (χ3v) is 5.79. The van der Waals surface area contributed by atoms with E-state index < -0.39 is 53.8 Å². The van der Waals surface area contributed by atoms with Crippen LogP contribution in [0.5, 0.6) is 0 Å². The molecule has 12 nitrogen and oxygen atoms in total. The van der Waals surface area contributed by atoms with Gasteiger partial charge in [0.15, 0.2) is 0 Å². The van der Waals surface area contributed by atoms with E-state index in [-0.39, 0.29) is 25.2 Å². The van der Waals surface area contributed by atoms with Crippen molar-refractivity contribution in [3.05, 3.63) is 36.0 Å². The number of carbonyl (C=O) groups is 5. The number of nitrogens with two attached hydrogens (primary N) is 2. The number of aromatic amines is 1. The number of H-pyrrole nitrogens is 1. The van der Waals surface area contributed by atoms with Gasteiger partial charge in [-0.3, -0.25) is 24.0 Å². The Hall–Kier alpha value is -3.93. The first-order chi connectivity index (χ1) is 16.9. The van der Waals surface area contributed by atoms with Crippen molar-refractivity contribution in [1.82, 2.24) is 20.9 Å². The molecule has 2 aromatic rings. The molecule has 0 aliphatic rings. The van der Waals surface area contributed by atoms with Gasteiger partial charge in [0.1, 0.15) is 18.1 Å². The maximum Gasteiger partial charge on any atom is 0.325 e. The highest BCUT2D eigenvalue weighted by Gasteiger charge is 2.30. The van der Waals surface area contributed by atoms with E-state index in [0.717, 1.165) is 16.5 Å². The number of hydrogen-bond acceptors (Lipinski definition) is 6. The Morgan fingerprint density at radius 1 is 0.944 bits per heavy atom. The maximum atomic E-state index is 13.3. The van der Waals surface area contributed by atoms with E-state index in [4.69, 9.17) is 16.6 Å². The summed E-state index contributed by atoms with van der Waals surface area (Å²) in [5.74, 6) is -4.18. The minimum absolute atomic E-state index is 0.0854. The van der Waals surface area contributed by atoms with Crippen molar-refractivity contribution in [3.8, 4) is 0 Å². The SMILES string of the molecule is CC(NC(=O)C(CCC(N)=O)NC(=O)C(Cc1c[nH]c2ccccc12)NC(=O)C(N)C(C)C)C(=O)O. The average molecular weight is 503 g/mol. The zero-order chi connectivity index (χ0) is 27.0. The number of aliphatic carboxylic acids is 1. The first-order valence-electron chi connectivity index (χ1n) is 11.6. The molecule has 9 N–H and O–H groups in total. The van der Waals surface area contributed by atoms with Crippen molar-refractivity contribution in [3.63, 3.8) is 0 Å². The van der Waals surface area contributed by atoms with E-state index in [1.165, 1.54) is 6.92 Å². The second kappa shape index (κ2) is 12.7. The summed E-state index contributed by atoms with van der Waals surface area (Å²) in [4.78, 5) is 64.3. The Labute approximate surface area is 208 Å². The molecule has 0 aliphatic carbocycles. The van der Waals surface area contributed by atoms with Gasteiger partial charge in [-0.1, -0.05) is 32.0 Å². The molecule has 0 bridgehead atoms. The number of hydrogen-bond donors (Lipinski definition) is 7. The Morgan fingerprint density at radius 3 is 2.17 bits per heavy atom. The molecule has 12 heteroatoms. The molecule has 0 aliphatic heterocycles. The summed E-state index contributed by atoms with van der Waals surface area (Å²) in [5.41, 5.74) is 12.8. The van der Waals surface area contributed by atoms with Crippen LogP contribution in [-0.2, 0) is 30.4 Å². The molecule has 0 fully saturated rings. The maximum absolute atomic E-state index is 13.3. The minimum atomic E-state index is -1.27. The summed E-state index contributed by atoms with van der Waals surface area (Å²) < 4.78 is 0. The smallest absolute Gasteiger partial charge is 0.325 e. The number of rotatable bonds is 13. The highest BCUT2D eigenvalue weighted by Crippen LogP contribution is 2.19. The van der Waals surface area contributed by atoms with Gasteiger partial charge in [-0.05, 0) is 30.9 Å². The number of benzene rings is 1. The number of nitrogens with one attached hydrogen (secondary N) is 4. The van der Waals surface area contributed by atoms with Crippen molar-refractivity contribution >= 4 is 40.5 Å². The van der Waals surface area contributed by atoms with Gasteiger partial charge in [0.05, 0.1) is 6.04 Å². The molecule has 1 aromatic heterocycles. The van der Waals surface area contributed by atoms with E-state index in [9.17, 15) is 24.0 Å². The van der Waals surface area contributed by atoms with Gasteiger partial charge >= 0.3 is 5.97 Å². The lowest BCUT2D eigenvalue weighted by Crippen LogP contribution is -2.58. The molecule has 1 heterocycles. The molecule has 4 atom stereocenters. The van der Waals surface area contributed by atoms with Gasteiger partial charge in [0, 0.05) is 29.9 Å². The van der Waals surface area contributed by atoms with Crippen LogP contribution in [0.1, 0.15) is 39.2 Å². The zero-order valence-corrected chi connectivity index (χ0v) is 20.5. The third kappa shape index (κ3) is 7.80. The zero-order valence-electron chi connectivity index (χ0n) is 20.5. The fraction of sp³-hybridized carbons (Fsp3) is 0.458. The van der Waals surface area contributed by atoms with Crippen LogP contribution in [-0.4, -0.2) is 63.9 Å². The molecule has 2 rings (SSSR count). The highest BCUT2D eigenvalue weighted by atomic mass is 16.4. The van der Waals surface area contributed by atoms with E-state index in [1.54, 1.807) is 20.0 Å². The molecule has 36 heavy (non-hydrogen) atoms. The van der Waals surface area contributed by atoms with E-state index in [0.29, 0.717) is 0 Å². The van der Waals surface area contributed by atoms with Crippen LogP contribution in [0.15, 0.2) is 30.5 Å². The predicted molar refractivity (Wildman–Crippen MR) is 132 cm³/mol. The number of para-hydroxylation sites is 1. The van der Waals surface area contributed by atoms with Gasteiger partial charge in [-0.25, -0.2) is 0 Å². The van der Waals surface area contributed by atoms with Gasteiger partial charge in [-0.15, -0.1) is 0 Å². The Morgan fingerprint density at radius 2 is 1.56 bits per heavy atom. The second-order valence-corrected chi connectivity index (χ2v) is 9.03. The molecule has 0 radical (unpaired) electrons. The van der Waals surface area contributed by atoms with Crippen molar-refractivity contribution < 1.29 is 29.1 Å². The lowest BCUT2D eigenvalue weighted by Gasteiger charge is -2.25. The van der Waals surface area contributed by atoms with Crippen molar-refractivity contribution in [2.45, 2.75) is 64.2 Å². The van der Waals surface area contributed by atoms with Crippen LogP contribution in [0.2, 0.25) is 0 Å². The van der Waals surface area contributed by atoms with Gasteiger partial charge in [0.25, 0.3) is 0 Å². The quantitative estimate of drug-likeness (QED) is 0.191. The molecule has 4 unspecified atom stereocenters. The summed E-state index contributed by atoms with van der Waals surface area (Å²) in [6.45, 7) is 4.81. The summed E-state index contributed by atoms with van der Waals surface area (Å²) in [7, 11) is 0. The van der Waals surface area contributed by atoms with Crippen LogP contribution >= 0.6 is 0 Å². The summed E-state index contributed by atoms with van der Waals surface area (Å²) >= 11 is 0. The van der Waals surface area contributed by atoms with Crippen LogP contribution in [0.25, 0.3) is 10.9 Å². The fourth-order valence-corrected chi connectivity index (χ4v) is 3.50. The lowest BCUT2D eigenvalue weighted by molar-refractivity contribution is -0.142. The molecule has 0 spiro atoms. The average Bonchev–Trinajstić information content (AvgIpc) is 3.22. The van der Waals surface area contributed by atoms with Crippen molar-refractivity contribution in [2.75, 3.05) is 0 Å². The molecule has 0 saturated carbocycles. The van der Waals surface area contributed by atoms with Gasteiger partial charge in [-0.2, -0.15) is 0 Å². The Bertz CT molecular complexity index is 1110. The number of carboxylic acid groups (broad SMARTS) is 1. The summed E-state index contributed by atoms with van der Waals surface area (Å²) in [5, 5.41) is 17.4. The number of aromatic nitrogens is 1.